The predicted octanol–water partition coefficient (Wildman–Crippen LogP) is 3.35. The van der Waals surface area contributed by atoms with Crippen LogP contribution < -0.4 is 10.1 Å². The van der Waals surface area contributed by atoms with Crippen molar-refractivity contribution in [3.05, 3.63) is 47.7 Å². The minimum absolute atomic E-state index is 0.296. The summed E-state index contributed by atoms with van der Waals surface area (Å²) < 4.78 is 11.0. The molecular weight excluding hydrogens is 294 g/mol. The lowest BCUT2D eigenvalue weighted by Crippen LogP contribution is -2.15. The maximum atomic E-state index is 12.6. The third-order valence-corrected chi connectivity index (χ3v) is 3.62. The van der Waals surface area contributed by atoms with E-state index in [2.05, 4.69) is 15.3 Å². The minimum atomic E-state index is -0.296. The highest BCUT2D eigenvalue weighted by Crippen LogP contribution is 2.30. The quantitative estimate of drug-likeness (QED) is 0.799. The van der Waals surface area contributed by atoms with E-state index in [0.29, 0.717) is 28.1 Å². The molecule has 0 saturated heterocycles. The van der Waals surface area contributed by atoms with Crippen LogP contribution in [0.25, 0.3) is 11.0 Å². The van der Waals surface area contributed by atoms with Gasteiger partial charge in [0.2, 0.25) is 0 Å². The summed E-state index contributed by atoms with van der Waals surface area (Å²) >= 11 is 0. The van der Waals surface area contributed by atoms with Gasteiger partial charge in [0.1, 0.15) is 11.5 Å². The maximum absolute atomic E-state index is 12.6. The standard InChI is InChI=1S/C17H17N3O3/c1-4-11-7-12-15(19-9-14(22-3)16(12)23-11)17(21)20-13-5-6-18-8-10(13)2/h5-9H,4H2,1-3H3,(H,18,20,21). The van der Waals surface area contributed by atoms with Gasteiger partial charge in [-0.1, -0.05) is 6.92 Å². The molecule has 0 atom stereocenters. The molecule has 0 fully saturated rings. The third-order valence-electron chi connectivity index (χ3n) is 3.62. The second kappa shape index (κ2) is 6.08. The van der Waals surface area contributed by atoms with Gasteiger partial charge in [-0.25, -0.2) is 4.98 Å². The Labute approximate surface area is 133 Å². The molecule has 0 spiro atoms. The smallest absolute Gasteiger partial charge is 0.275 e. The molecule has 0 aliphatic rings. The molecule has 3 heterocycles. The molecule has 0 unspecified atom stereocenters. The average molecular weight is 311 g/mol. The molecule has 6 nitrogen and oxygen atoms in total. The zero-order valence-electron chi connectivity index (χ0n) is 13.2. The third kappa shape index (κ3) is 2.75. The molecule has 118 valence electrons. The number of hydrogen-bond acceptors (Lipinski definition) is 5. The number of aryl methyl sites for hydroxylation is 2. The molecule has 0 aliphatic carbocycles. The molecule has 3 rings (SSSR count). The van der Waals surface area contributed by atoms with Crippen molar-refractivity contribution in [3.8, 4) is 5.75 Å². The van der Waals surface area contributed by atoms with Crippen LogP contribution in [0, 0.1) is 6.92 Å². The fourth-order valence-corrected chi connectivity index (χ4v) is 2.35. The number of furan rings is 1. The van der Waals surface area contributed by atoms with Gasteiger partial charge in [0.15, 0.2) is 11.3 Å². The Kier molecular flexibility index (Phi) is 3.97. The van der Waals surface area contributed by atoms with Crippen LogP contribution in [-0.2, 0) is 6.42 Å². The van der Waals surface area contributed by atoms with Gasteiger partial charge < -0.3 is 14.5 Å². The number of amides is 1. The van der Waals surface area contributed by atoms with Crippen molar-refractivity contribution in [1.82, 2.24) is 9.97 Å². The van der Waals surface area contributed by atoms with Crippen LogP contribution in [0.5, 0.6) is 5.75 Å². The number of methoxy groups -OCH3 is 1. The molecule has 0 radical (unpaired) electrons. The second-order valence-corrected chi connectivity index (χ2v) is 5.13. The zero-order chi connectivity index (χ0) is 16.4. The van der Waals surface area contributed by atoms with Crippen LogP contribution in [0.4, 0.5) is 5.69 Å². The summed E-state index contributed by atoms with van der Waals surface area (Å²) in [4.78, 5) is 20.9. The summed E-state index contributed by atoms with van der Waals surface area (Å²) in [5.74, 6) is 0.993. The van der Waals surface area contributed by atoms with Gasteiger partial charge in [-0.2, -0.15) is 0 Å². The number of pyridine rings is 2. The van der Waals surface area contributed by atoms with Gasteiger partial charge in [0.05, 0.1) is 18.7 Å². The lowest BCUT2D eigenvalue weighted by atomic mass is 10.2. The van der Waals surface area contributed by atoms with Crippen LogP contribution in [0.2, 0.25) is 0 Å². The first-order chi connectivity index (χ1) is 11.1. The van der Waals surface area contributed by atoms with E-state index < -0.39 is 0 Å². The van der Waals surface area contributed by atoms with Crippen LogP contribution in [0.1, 0.15) is 28.7 Å². The van der Waals surface area contributed by atoms with Gasteiger partial charge in [-0.15, -0.1) is 0 Å². The summed E-state index contributed by atoms with van der Waals surface area (Å²) in [5, 5.41) is 3.50. The predicted molar refractivity (Wildman–Crippen MR) is 86.9 cm³/mol. The van der Waals surface area contributed by atoms with Crippen molar-refractivity contribution in [3.63, 3.8) is 0 Å². The van der Waals surface area contributed by atoms with Crippen LogP contribution >= 0.6 is 0 Å². The zero-order valence-corrected chi connectivity index (χ0v) is 13.2. The Balaban J connectivity index is 2.04. The van der Waals surface area contributed by atoms with Crippen molar-refractivity contribution in [2.75, 3.05) is 12.4 Å². The van der Waals surface area contributed by atoms with E-state index in [4.69, 9.17) is 9.15 Å². The van der Waals surface area contributed by atoms with E-state index >= 15 is 0 Å². The fraction of sp³-hybridized carbons (Fsp3) is 0.235. The molecule has 1 N–H and O–H groups in total. The Morgan fingerprint density at radius 1 is 1.39 bits per heavy atom. The maximum Gasteiger partial charge on any atom is 0.275 e. The highest BCUT2D eigenvalue weighted by molar-refractivity contribution is 6.11. The second-order valence-electron chi connectivity index (χ2n) is 5.13. The molecule has 3 aromatic rings. The first kappa shape index (κ1) is 15.0. The van der Waals surface area contributed by atoms with E-state index in [1.807, 2.05) is 19.9 Å². The van der Waals surface area contributed by atoms with Crippen molar-refractivity contribution in [2.45, 2.75) is 20.3 Å². The van der Waals surface area contributed by atoms with Crippen molar-refractivity contribution >= 4 is 22.6 Å². The summed E-state index contributed by atoms with van der Waals surface area (Å²) in [5.41, 5.74) is 2.43. The Morgan fingerprint density at radius 3 is 2.91 bits per heavy atom. The van der Waals surface area contributed by atoms with E-state index in [1.165, 1.54) is 6.20 Å². The number of carbonyl (C=O) groups excluding carboxylic acids is 1. The van der Waals surface area contributed by atoms with Gasteiger partial charge in [0, 0.05) is 24.5 Å². The van der Waals surface area contributed by atoms with Gasteiger partial charge in [-0.05, 0) is 24.6 Å². The van der Waals surface area contributed by atoms with Crippen LogP contribution in [0.3, 0.4) is 0 Å². The molecule has 0 aliphatic heterocycles. The lowest BCUT2D eigenvalue weighted by Gasteiger charge is -2.08. The summed E-state index contributed by atoms with van der Waals surface area (Å²) in [6.07, 6.45) is 5.55. The van der Waals surface area contributed by atoms with E-state index in [-0.39, 0.29) is 5.91 Å². The van der Waals surface area contributed by atoms with Gasteiger partial charge >= 0.3 is 0 Å². The van der Waals surface area contributed by atoms with Crippen LogP contribution in [0.15, 0.2) is 35.1 Å². The van der Waals surface area contributed by atoms with Gasteiger partial charge in [-0.3, -0.25) is 9.78 Å². The van der Waals surface area contributed by atoms with E-state index in [0.717, 1.165) is 17.7 Å². The Hall–Kier alpha value is -2.89. The molecule has 6 heteroatoms. The number of rotatable bonds is 4. The first-order valence-corrected chi connectivity index (χ1v) is 7.31. The number of aromatic nitrogens is 2. The van der Waals surface area contributed by atoms with Crippen molar-refractivity contribution in [2.24, 2.45) is 0 Å². The molecular formula is C17H17N3O3. The molecule has 23 heavy (non-hydrogen) atoms. The molecule has 3 aromatic heterocycles. The highest BCUT2D eigenvalue weighted by atomic mass is 16.5. The molecule has 0 aromatic carbocycles. The number of nitrogens with one attached hydrogen (secondary N) is 1. The molecule has 1 amide bonds. The number of ether oxygens (including phenoxy) is 1. The van der Waals surface area contributed by atoms with Crippen molar-refractivity contribution < 1.29 is 13.9 Å². The first-order valence-electron chi connectivity index (χ1n) is 7.31. The van der Waals surface area contributed by atoms with Gasteiger partial charge in [0.25, 0.3) is 5.91 Å². The topological polar surface area (TPSA) is 77.2 Å². The molecule has 0 saturated carbocycles. The number of anilines is 1. The monoisotopic (exact) mass is 311 g/mol. The number of nitrogens with zero attached hydrogens (tertiary/aromatic N) is 2. The van der Waals surface area contributed by atoms with E-state index in [9.17, 15) is 4.79 Å². The summed E-state index contributed by atoms with van der Waals surface area (Å²) in [7, 11) is 1.55. The minimum Gasteiger partial charge on any atom is -0.491 e. The molecule has 0 bridgehead atoms. The van der Waals surface area contributed by atoms with E-state index in [1.54, 1.807) is 25.6 Å². The SMILES string of the molecule is CCc1cc2c(C(=O)Nc3ccncc3C)ncc(OC)c2o1. The number of hydrogen-bond donors (Lipinski definition) is 1. The average Bonchev–Trinajstić information content (AvgIpc) is 3.00. The Bertz CT molecular complexity index is 871. The normalized spacial score (nSPS) is 10.7. The largest absolute Gasteiger partial charge is 0.491 e. The van der Waals surface area contributed by atoms with Crippen molar-refractivity contribution in [1.29, 1.82) is 0 Å². The van der Waals surface area contributed by atoms with Crippen LogP contribution in [-0.4, -0.2) is 23.0 Å². The lowest BCUT2D eigenvalue weighted by molar-refractivity contribution is 0.102. The summed E-state index contributed by atoms with van der Waals surface area (Å²) in [6.45, 7) is 3.87. The Morgan fingerprint density at radius 2 is 2.22 bits per heavy atom. The fourth-order valence-electron chi connectivity index (χ4n) is 2.35. The number of carbonyl (C=O) groups is 1. The number of fused-ring (bicyclic) bond motifs is 1. The summed E-state index contributed by atoms with van der Waals surface area (Å²) in [6, 6.07) is 3.58. The highest BCUT2D eigenvalue weighted by Gasteiger charge is 2.19.